The van der Waals surface area contributed by atoms with Gasteiger partial charge in [0.2, 0.25) is 0 Å². The smallest absolute Gasteiger partial charge is 0.272 e. The quantitative estimate of drug-likeness (QED) is 0.894. The van der Waals surface area contributed by atoms with Gasteiger partial charge in [-0.15, -0.1) is 12.4 Å². The molecule has 6 heteroatoms. The van der Waals surface area contributed by atoms with Crippen LogP contribution in [0, 0.1) is 0 Å². The first kappa shape index (κ1) is 16.0. The zero-order chi connectivity index (χ0) is 13.1. The number of rotatable bonds is 2. The number of hydrogen-bond acceptors (Lipinski definition) is 3. The summed E-state index contributed by atoms with van der Waals surface area (Å²) in [5.74, 6) is 0.448. The van der Waals surface area contributed by atoms with E-state index >= 15 is 0 Å². The third-order valence-electron chi connectivity index (χ3n) is 3.34. The van der Waals surface area contributed by atoms with Gasteiger partial charge < -0.3 is 10.2 Å². The fourth-order valence-corrected chi connectivity index (χ4v) is 2.18. The highest BCUT2D eigenvalue weighted by Gasteiger charge is 2.21. The maximum absolute atomic E-state index is 12.4. The second-order valence-electron chi connectivity index (χ2n) is 5.13. The average Bonchev–Trinajstić information content (AvgIpc) is 2.57. The maximum Gasteiger partial charge on any atom is 0.272 e. The van der Waals surface area contributed by atoms with Gasteiger partial charge in [-0.2, -0.15) is 5.10 Å². The zero-order valence-electron chi connectivity index (χ0n) is 11.8. The number of carbonyl (C=O) groups excluding carboxylic acids is 1. The van der Waals surface area contributed by atoms with Crippen molar-refractivity contribution in [2.75, 3.05) is 26.2 Å². The Morgan fingerprint density at radius 3 is 2.74 bits per heavy atom. The molecule has 1 aromatic heterocycles. The molecule has 5 nitrogen and oxygen atoms in total. The Bertz CT molecular complexity index is 422. The lowest BCUT2D eigenvalue weighted by atomic mass is 10.1. The first-order valence-corrected chi connectivity index (χ1v) is 6.63. The van der Waals surface area contributed by atoms with Crippen LogP contribution in [-0.2, 0) is 7.05 Å². The van der Waals surface area contributed by atoms with Gasteiger partial charge in [0.15, 0.2) is 0 Å². The molecule has 1 aliphatic rings. The number of aromatic nitrogens is 2. The van der Waals surface area contributed by atoms with Gasteiger partial charge in [-0.3, -0.25) is 9.48 Å². The molecule has 108 valence electrons. The van der Waals surface area contributed by atoms with E-state index in [4.69, 9.17) is 0 Å². The van der Waals surface area contributed by atoms with Gasteiger partial charge >= 0.3 is 0 Å². The molecule has 0 saturated carbocycles. The highest BCUT2D eigenvalue weighted by atomic mass is 35.5. The van der Waals surface area contributed by atoms with Gasteiger partial charge in [0.25, 0.3) is 5.91 Å². The molecule has 1 aliphatic heterocycles. The summed E-state index contributed by atoms with van der Waals surface area (Å²) in [5.41, 5.74) is 1.68. The van der Waals surface area contributed by atoms with Crippen molar-refractivity contribution in [3.8, 4) is 0 Å². The van der Waals surface area contributed by atoms with E-state index in [1.807, 2.05) is 18.0 Å². The van der Waals surface area contributed by atoms with E-state index in [0.717, 1.165) is 38.3 Å². The van der Waals surface area contributed by atoms with E-state index in [0.29, 0.717) is 11.6 Å². The molecule has 19 heavy (non-hydrogen) atoms. The first-order valence-electron chi connectivity index (χ1n) is 6.63. The van der Waals surface area contributed by atoms with Crippen molar-refractivity contribution in [1.82, 2.24) is 20.0 Å². The molecule has 0 aromatic carbocycles. The van der Waals surface area contributed by atoms with Crippen LogP contribution in [0.15, 0.2) is 6.07 Å². The number of nitrogens with zero attached hydrogens (tertiary/aromatic N) is 3. The van der Waals surface area contributed by atoms with Crippen LogP contribution in [0.2, 0.25) is 0 Å². The largest absolute Gasteiger partial charge is 0.336 e. The summed E-state index contributed by atoms with van der Waals surface area (Å²) in [6.07, 6.45) is 1.01. The minimum absolute atomic E-state index is 0. The van der Waals surface area contributed by atoms with Crippen molar-refractivity contribution in [3.63, 3.8) is 0 Å². The molecular weight excluding hydrogens is 264 g/mol. The second kappa shape index (κ2) is 6.91. The summed E-state index contributed by atoms with van der Waals surface area (Å²) in [4.78, 5) is 14.4. The molecule has 0 bridgehead atoms. The van der Waals surface area contributed by atoms with Crippen molar-refractivity contribution in [1.29, 1.82) is 0 Å². The molecule has 2 rings (SSSR count). The number of amides is 1. The Kier molecular flexibility index (Phi) is 5.82. The molecule has 2 heterocycles. The van der Waals surface area contributed by atoms with Crippen molar-refractivity contribution < 1.29 is 4.79 Å². The average molecular weight is 287 g/mol. The Morgan fingerprint density at radius 1 is 1.37 bits per heavy atom. The highest BCUT2D eigenvalue weighted by Crippen LogP contribution is 2.15. The summed E-state index contributed by atoms with van der Waals surface area (Å²) in [6, 6.07) is 1.92. The van der Waals surface area contributed by atoms with Crippen molar-refractivity contribution in [2.24, 2.45) is 7.05 Å². The normalized spacial score (nSPS) is 16.1. The lowest BCUT2D eigenvalue weighted by Crippen LogP contribution is -2.35. The first-order chi connectivity index (χ1) is 8.59. The number of nitrogens with one attached hydrogen (secondary N) is 1. The molecule has 0 spiro atoms. The predicted molar refractivity (Wildman–Crippen MR) is 77.9 cm³/mol. The molecule has 1 aromatic rings. The SMILES string of the molecule is CC(C)c1cc(C(=O)N2CCCNCC2)n(C)n1.Cl. The van der Waals surface area contributed by atoms with Crippen LogP contribution in [0.25, 0.3) is 0 Å². The second-order valence-corrected chi connectivity index (χ2v) is 5.13. The Balaban J connectivity index is 0.00000180. The van der Waals surface area contributed by atoms with E-state index in [1.165, 1.54) is 0 Å². The van der Waals surface area contributed by atoms with Gasteiger partial charge in [-0.1, -0.05) is 13.8 Å². The molecule has 1 N–H and O–H groups in total. The van der Waals surface area contributed by atoms with E-state index in [1.54, 1.807) is 4.68 Å². The topological polar surface area (TPSA) is 50.2 Å². The molecule has 0 atom stereocenters. The molecule has 0 unspecified atom stereocenters. The summed E-state index contributed by atoms with van der Waals surface area (Å²) in [5, 5.41) is 7.71. The van der Waals surface area contributed by atoms with Crippen molar-refractivity contribution in [2.45, 2.75) is 26.2 Å². The fraction of sp³-hybridized carbons (Fsp3) is 0.692. The number of carbonyl (C=O) groups is 1. The van der Waals surface area contributed by atoms with E-state index < -0.39 is 0 Å². The Hall–Kier alpha value is -1.07. The molecule has 0 radical (unpaired) electrons. The fourth-order valence-electron chi connectivity index (χ4n) is 2.18. The van der Waals surface area contributed by atoms with E-state index in [9.17, 15) is 4.79 Å². The van der Waals surface area contributed by atoms with Crippen LogP contribution in [0.5, 0.6) is 0 Å². The predicted octanol–water partition coefficient (Wildman–Crippen LogP) is 1.40. The van der Waals surface area contributed by atoms with Gasteiger partial charge in [0, 0.05) is 26.7 Å². The molecule has 0 aliphatic carbocycles. The lowest BCUT2D eigenvalue weighted by molar-refractivity contribution is 0.0755. The monoisotopic (exact) mass is 286 g/mol. The number of halogens is 1. The molecule has 1 fully saturated rings. The Labute approximate surface area is 120 Å². The summed E-state index contributed by atoms with van der Waals surface area (Å²) >= 11 is 0. The van der Waals surface area contributed by atoms with Gasteiger partial charge in [-0.05, 0) is 24.9 Å². The van der Waals surface area contributed by atoms with Crippen LogP contribution in [0.4, 0.5) is 0 Å². The lowest BCUT2D eigenvalue weighted by Gasteiger charge is -2.19. The summed E-state index contributed by atoms with van der Waals surface area (Å²) in [7, 11) is 1.84. The van der Waals surface area contributed by atoms with Crippen LogP contribution in [-0.4, -0.2) is 46.8 Å². The van der Waals surface area contributed by atoms with Gasteiger partial charge in [-0.25, -0.2) is 0 Å². The zero-order valence-corrected chi connectivity index (χ0v) is 12.7. The van der Waals surface area contributed by atoms with Gasteiger partial charge in [0.1, 0.15) is 5.69 Å². The highest BCUT2D eigenvalue weighted by molar-refractivity contribution is 5.92. The van der Waals surface area contributed by atoms with Crippen LogP contribution in [0.1, 0.15) is 42.4 Å². The minimum atomic E-state index is 0. The third kappa shape index (κ3) is 3.70. The standard InChI is InChI=1S/C13H22N4O.ClH/c1-10(2)11-9-12(16(3)15-11)13(18)17-7-4-5-14-6-8-17;/h9-10,14H,4-8H2,1-3H3;1H. The number of aryl methyl sites for hydroxylation is 1. The van der Waals surface area contributed by atoms with Crippen molar-refractivity contribution >= 4 is 18.3 Å². The molecule has 1 saturated heterocycles. The number of hydrogen-bond donors (Lipinski definition) is 1. The van der Waals surface area contributed by atoms with E-state index in [2.05, 4.69) is 24.3 Å². The summed E-state index contributed by atoms with van der Waals surface area (Å²) < 4.78 is 1.70. The summed E-state index contributed by atoms with van der Waals surface area (Å²) in [6.45, 7) is 7.65. The van der Waals surface area contributed by atoms with Crippen LogP contribution >= 0.6 is 12.4 Å². The molecular formula is C13H23ClN4O. The van der Waals surface area contributed by atoms with Crippen LogP contribution < -0.4 is 5.32 Å². The van der Waals surface area contributed by atoms with Crippen LogP contribution in [0.3, 0.4) is 0 Å². The minimum Gasteiger partial charge on any atom is -0.336 e. The molecule has 1 amide bonds. The van der Waals surface area contributed by atoms with Gasteiger partial charge in [0.05, 0.1) is 5.69 Å². The van der Waals surface area contributed by atoms with E-state index in [-0.39, 0.29) is 18.3 Å². The Morgan fingerprint density at radius 2 is 2.11 bits per heavy atom. The maximum atomic E-state index is 12.4. The third-order valence-corrected chi connectivity index (χ3v) is 3.34. The van der Waals surface area contributed by atoms with Crippen molar-refractivity contribution in [3.05, 3.63) is 17.5 Å².